The molecule has 0 saturated carbocycles. The van der Waals surface area contributed by atoms with Gasteiger partial charge >= 0.3 is 0 Å². The molecular weight excluding hydrogens is 204 g/mol. The van der Waals surface area contributed by atoms with Gasteiger partial charge in [-0.3, -0.25) is 4.79 Å². The number of allylic oxidation sites excluding steroid dienone is 5. The first-order valence-corrected chi connectivity index (χ1v) is 5.32. The van der Waals surface area contributed by atoms with Crippen LogP contribution in [-0.4, -0.2) is 26.3 Å². The highest BCUT2D eigenvalue weighted by molar-refractivity contribution is 6.00. The molecule has 0 radical (unpaired) electrons. The lowest BCUT2D eigenvalue weighted by Gasteiger charge is -2.27. The van der Waals surface area contributed by atoms with Gasteiger partial charge in [0.1, 0.15) is 6.79 Å². The molecule has 3 nitrogen and oxygen atoms in total. The molecule has 0 aromatic rings. The molecule has 0 amide bonds. The SMILES string of the molecule is C=CCC1(CCOCOC)C=CC(=O)C=C1. The first-order chi connectivity index (χ1) is 7.72. The first-order valence-electron chi connectivity index (χ1n) is 5.32. The number of carbonyl (C=O) groups excluding carboxylic acids is 1. The van der Waals surface area contributed by atoms with Crippen LogP contribution in [0.2, 0.25) is 0 Å². The molecule has 1 aliphatic carbocycles. The molecule has 0 aromatic heterocycles. The Balaban J connectivity index is 2.53. The van der Waals surface area contributed by atoms with Gasteiger partial charge in [0.25, 0.3) is 0 Å². The standard InChI is InChI=1S/C13H18O3/c1-3-6-13(9-10-16-11-15-2)7-4-12(14)5-8-13/h3-5,7-8H,1,6,9-11H2,2H3. The van der Waals surface area contributed by atoms with Crippen molar-refractivity contribution in [1.29, 1.82) is 0 Å². The van der Waals surface area contributed by atoms with Gasteiger partial charge in [0.2, 0.25) is 0 Å². The summed E-state index contributed by atoms with van der Waals surface area (Å²) in [6, 6.07) is 0. The third-order valence-electron chi connectivity index (χ3n) is 2.60. The second kappa shape index (κ2) is 6.40. The zero-order chi connectivity index (χ0) is 11.9. The maximum atomic E-state index is 11.1. The summed E-state index contributed by atoms with van der Waals surface area (Å²) < 4.78 is 10.1. The molecule has 0 heterocycles. The minimum Gasteiger partial charge on any atom is -0.359 e. The second-order valence-electron chi connectivity index (χ2n) is 3.86. The highest BCUT2D eigenvalue weighted by atomic mass is 16.7. The van der Waals surface area contributed by atoms with Crippen molar-refractivity contribution in [3.05, 3.63) is 37.0 Å². The molecule has 16 heavy (non-hydrogen) atoms. The van der Waals surface area contributed by atoms with Crippen molar-refractivity contribution in [2.24, 2.45) is 5.41 Å². The Morgan fingerprint density at radius 1 is 1.44 bits per heavy atom. The van der Waals surface area contributed by atoms with Crippen molar-refractivity contribution in [1.82, 2.24) is 0 Å². The van der Waals surface area contributed by atoms with Crippen LogP contribution in [0.4, 0.5) is 0 Å². The highest BCUT2D eigenvalue weighted by Crippen LogP contribution is 2.33. The Labute approximate surface area is 96.4 Å². The van der Waals surface area contributed by atoms with Crippen molar-refractivity contribution in [3.8, 4) is 0 Å². The summed E-state index contributed by atoms with van der Waals surface area (Å²) in [5.74, 6) is 0.0393. The number of methoxy groups -OCH3 is 1. The fourth-order valence-corrected chi connectivity index (χ4v) is 1.69. The monoisotopic (exact) mass is 222 g/mol. The van der Waals surface area contributed by atoms with Crippen LogP contribution in [0, 0.1) is 5.41 Å². The summed E-state index contributed by atoms with van der Waals surface area (Å²) in [6.45, 7) is 4.65. The molecule has 88 valence electrons. The average Bonchev–Trinajstić information content (AvgIpc) is 2.29. The van der Waals surface area contributed by atoms with Gasteiger partial charge in [-0.15, -0.1) is 6.58 Å². The van der Waals surface area contributed by atoms with E-state index in [1.807, 2.05) is 18.2 Å². The molecular formula is C13H18O3. The van der Waals surface area contributed by atoms with Crippen LogP contribution in [-0.2, 0) is 14.3 Å². The third kappa shape index (κ3) is 3.76. The van der Waals surface area contributed by atoms with Crippen molar-refractivity contribution < 1.29 is 14.3 Å². The van der Waals surface area contributed by atoms with E-state index in [1.54, 1.807) is 19.3 Å². The smallest absolute Gasteiger partial charge is 0.178 e. The lowest BCUT2D eigenvalue weighted by Crippen LogP contribution is -2.20. The molecule has 0 N–H and O–H groups in total. The van der Waals surface area contributed by atoms with Gasteiger partial charge in [0, 0.05) is 12.5 Å². The molecule has 0 atom stereocenters. The van der Waals surface area contributed by atoms with Gasteiger partial charge in [0.05, 0.1) is 6.61 Å². The maximum absolute atomic E-state index is 11.1. The number of carbonyl (C=O) groups is 1. The third-order valence-corrected chi connectivity index (χ3v) is 2.60. The van der Waals surface area contributed by atoms with E-state index in [2.05, 4.69) is 6.58 Å². The van der Waals surface area contributed by atoms with E-state index in [4.69, 9.17) is 9.47 Å². The Morgan fingerprint density at radius 2 is 2.12 bits per heavy atom. The largest absolute Gasteiger partial charge is 0.359 e. The van der Waals surface area contributed by atoms with E-state index in [1.165, 1.54) is 0 Å². The van der Waals surface area contributed by atoms with E-state index in [9.17, 15) is 4.79 Å². The lowest BCUT2D eigenvalue weighted by molar-refractivity contribution is -0.110. The minimum atomic E-state index is -0.122. The van der Waals surface area contributed by atoms with Gasteiger partial charge < -0.3 is 9.47 Å². The van der Waals surface area contributed by atoms with Crippen LogP contribution in [0.5, 0.6) is 0 Å². The van der Waals surface area contributed by atoms with Gasteiger partial charge in [-0.25, -0.2) is 0 Å². The molecule has 0 spiro atoms. The molecule has 1 aliphatic rings. The van der Waals surface area contributed by atoms with Gasteiger partial charge in [0.15, 0.2) is 5.78 Å². The summed E-state index contributed by atoms with van der Waals surface area (Å²) in [5.41, 5.74) is -0.122. The molecule has 0 saturated heterocycles. The molecule has 0 unspecified atom stereocenters. The minimum absolute atomic E-state index is 0.0393. The second-order valence-corrected chi connectivity index (χ2v) is 3.86. The van der Waals surface area contributed by atoms with Gasteiger partial charge in [-0.05, 0) is 25.0 Å². The summed E-state index contributed by atoms with van der Waals surface area (Å²) in [5, 5.41) is 0. The Kier molecular flexibility index (Phi) is 5.15. The number of hydrogen-bond acceptors (Lipinski definition) is 3. The van der Waals surface area contributed by atoms with E-state index >= 15 is 0 Å². The van der Waals surface area contributed by atoms with Crippen LogP contribution in [0.1, 0.15) is 12.8 Å². The summed E-state index contributed by atoms with van der Waals surface area (Å²) in [7, 11) is 1.60. The van der Waals surface area contributed by atoms with Crippen LogP contribution in [0.15, 0.2) is 37.0 Å². The van der Waals surface area contributed by atoms with Crippen molar-refractivity contribution in [2.75, 3.05) is 20.5 Å². The molecule has 3 heteroatoms. The quantitative estimate of drug-likeness (QED) is 0.376. The number of rotatable bonds is 7. The van der Waals surface area contributed by atoms with Crippen molar-refractivity contribution in [2.45, 2.75) is 12.8 Å². The van der Waals surface area contributed by atoms with Crippen LogP contribution in [0.25, 0.3) is 0 Å². The van der Waals surface area contributed by atoms with E-state index in [-0.39, 0.29) is 11.2 Å². The van der Waals surface area contributed by atoms with E-state index in [0.29, 0.717) is 13.4 Å². The van der Waals surface area contributed by atoms with Gasteiger partial charge in [-0.1, -0.05) is 18.2 Å². The van der Waals surface area contributed by atoms with Gasteiger partial charge in [-0.2, -0.15) is 0 Å². The van der Waals surface area contributed by atoms with Crippen LogP contribution < -0.4 is 0 Å². The average molecular weight is 222 g/mol. The number of hydrogen-bond donors (Lipinski definition) is 0. The van der Waals surface area contributed by atoms with Crippen molar-refractivity contribution >= 4 is 5.78 Å². The van der Waals surface area contributed by atoms with Crippen LogP contribution >= 0.6 is 0 Å². The zero-order valence-corrected chi connectivity index (χ0v) is 9.65. The molecule has 1 rings (SSSR count). The lowest BCUT2D eigenvalue weighted by atomic mass is 9.78. The number of ketones is 1. The van der Waals surface area contributed by atoms with E-state index in [0.717, 1.165) is 12.8 Å². The molecule has 0 fully saturated rings. The summed E-state index contributed by atoms with van der Waals surface area (Å²) in [4.78, 5) is 11.1. The fourth-order valence-electron chi connectivity index (χ4n) is 1.69. The predicted octanol–water partition coefficient (Wildman–Crippen LogP) is 2.25. The molecule has 0 aliphatic heterocycles. The first kappa shape index (κ1) is 12.9. The summed E-state index contributed by atoms with van der Waals surface area (Å²) in [6.07, 6.45) is 10.6. The highest BCUT2D eigenvalue weighted by Gasteiger charge is 2.24. The van der Waals surface area contributed by atoms with Crippen molar-refractivity contribution in [3.63, 3.8) is 0 Å². The zero-order valence-electron chi connectivity index (χ0n) is 9.65. The van der Waals surface area contributed by atoms with E-state index < -0.39 is 0 Å². The number of ether oxygens (including phenoxy) is 2. The fraction of sp³-hybridized carbons (Fsp3) is 0.462. The predicted molar refractivity (Wildman–Crippen MR) is 63.0 cm³/mol. The maximum Gasteiger partial charge on any atom is 0.178 e. The molecule has 0 aromatic carbocycles. The topological polar surface area (TPSA) is 35.5 Å². The van der Waals surface area contributed by atoms with Crippen LogP contribution in [0.3, 0.4) is 0 Å². The Bertz CT molecular complexity index is 286. The normalized spacial score (nSPS) is 17.7. The molecule has 0 bridgehead atoms. The Hall–Kier alpha value is -1.19. The Morgan fingerprint density at radius 3 is 2.69 bits per heavy atom. The summed E-state index contributed by atoms with van der Waals surface area (Å²) >= 11 is 0.